The molecule has 0 aliphatic rings. The lowest BCUT2D eigenvalue weighted by Gasteiger charge is -2.17. The van der Waals surface area contributed by atoms with Gasteiger partial charge in [-0.1, -0.05) is 12.1 Å². The Labute approximate surface area is 86.4 Å². The maximum Gasteiger partial charge on any atom is 0.342 e. The molecule has 5 heteroatoms. The summed E-state index contributed by atoms with van der Waals surface area (Å²) in [5, 5.41) is 3.71. The molecule has 0 radical (unpaired) electrons. The number of hydrogen-bond donors (Lipinski definition) is 0. The summed E-state index contributed by atoms with van der Waals surface area (Å²) in [6.45, 7) is 10.0. The van der Waals surface area contributed by atoms with Gasteiger partial charge in [0.25, 0.3) is 0 Å². The number of hydrogen-bond acceptors (Lipinski definition) is 4. The van der Waals surface area contributed by atoms with E-state index >= 15 is 0 Å². The van der Waals surface area contributed by atoms with Gasteiger partial charge in [0.2, 0.25) is 8.32 Å². The maximum atomic E-state index is 11.5. The van der Waals surface area contributed by atoms with Crippen molar-refractivity contribution < 1.29 is 14.1 Å². The van der Waals surface area contributed by atoms with Gasteiger partial charge in [0, 0.05) is 0 Å². The van der Waals surface area contributed by atoms with Gasteiger partial charge < -0.3 is 9.26 Å². The molecule has 0 aromatic rings. The van der Waals surface area contributed by atoms with Crippen molar-refractivity contribution in [1.82, 2.24) is 0 Å². The van der Waals surface area contributed by atoms with Crippen LogP contribution in [0.1, 0.15) is 20.3 Å². The zero-order chi connectivity index (χ0) is 11.2. The van der Waals surface area contributed by atoms with Crippen LogP contribution in [0.25, 0.3) is 0 Å². The van der Waals surface area contributed by atoms with Crippen molar-refractivity contribution in [2.24, 2.45) is 5.16 Å². The van der Waals surface area contributed by atoms with E-state index in [9.17, 15) is 4.79 Å². The standard InChI is InChI=1S/C9H19NO3Si/c1-6-8(10-12-7-2)9(11)13-14(3,4)5/h6-7H2,1-5H3/b10-8+. The van der Waals surface area contributed by atoms with Crippen LogP contribution in [0.4, 0.5) is 0 Å². The van der Waals surface area contributed by atoms with Crippen LogP contribution in [0.2, 0.25) is 19.6 Å². The molecule has 0 aliphatic heterocycles. The Morgan fingerprint density at radius 2 is 1.86 bits per heavy atom. The second-order valence-corrected chi connectivity index (χ2v) is 8.24. The fourth-order valence-electron chi connectivity index (χ4n) is 0.726. The Balaban J connectivity index is 4.33. The van der Waals surface area contributed by atoms with Gasteiger partial charge in [0.05, 0.1) is 0 Å². The molecule has 0 aliphatic carbocycles. The quantitative estimate of drug-likeness (QED) is 0.403. The highest BCUT2D eigenvalue weighted by molar-refractivity contribution is 6.72. The van der Waals surface area contributed by atoms with E-state index in [1.54, 1.807) is 0 Å². The first kappa shape index (κ1) is 13.2. The topological polar surface area (TPSA) is 47.9 Å². The first-order chi connectivity index (χ1) is 6.40. The maximum absolute atomic E-state index is 11.5. The van der Waals surface area contributed by atoms with E-state index in [2.05, 4.69) is 5.16 Å². The minimum absolute atomic E-state index is 0.347. The van der Waals surface area contributed by atoms with Crippen molar-refractivity contribution in [2.45, 2.75) is 39.9 Å². The lowest BCUT2D eigenvalue weighted by atomic mass is 10.3. The number of carbonyl (C=O) groups excluding carboxylic acids is 1. The van der Waals surface area contributed by atoms with Crippen molar-refractivity contribution >= 4 is 20.0 Å². The smallest absolute Gasteiger partial charge is 0.342 e. The fraction of sp³-hybridized carbons (Fsp3) is 0.778. The molecule has 0 unspecified atom stereocenters. The summed E-state index contributed by atoms with van der Waals surface area (Å²) < 4.78 is 5.28. The Bertz CT molecular complexity index is 221. The lowest BCUT2D eigenvalue weighted by Crippen LogP contribution is -2.33. The first-order valence-electron chi connectivity index (χ1n) is 4.82. The largest absolute Gasteiger partial charge is 0.515 e. The minimum Gasteiger partial charge on any atom is -0.515 e. The summed E-state index contributed by atoms with van der Waals surface area (Å²) >= 11 is 0. The van der Waals surface area contributed by atoms with Crippen LogP contribution < -0.4 is 0 Å². The second-order valence-electron chi connectivity index (χ2n) is 3.81. The van der Waals surface area contributed by atoms with Gasteiger partial charge in [-0.15, -0.1) is 0 Å². The summed E-state index contributed by atoms with van der Waals surface area (Å²) in [5.41, 5.74) is 0.356. The molecular weight excluding hydrogens is 198 g/mol. The molecule has 14 heavy (non-hydrogen) atoms. The highest BCUT2D eigenvalue weighted by Gasteiger charge is 2.22. The monoisotopic (exact) mass is 217 g/mol. The molecule has 0 bridgehead atoms. The molecule has 0 saturated carbocycles. The lowest BCUT2D eigenvalue weighted by molar-refractivity contribution is -0.128. The van der Waals surface area contributed by atoms with Crippen LogP contribution in [0.15, 0.2) is 5.16 Å². The van der Waals surface area contributed by atoms with E-state index in [-0.39, 0.29) is 5.97 Å². The Kier molecular flexibility index (Phi) is 5.45. The van der Waals surface area contributed by atoms with Gasteiger partial charge in [-0.2, -0.15) is 0 Å². The predicted molar refractivity (Wildman–Crippen MR) is 58.8 cm³/mol. The molecule has 0 rings (SSSR count). The average Bonchev–Trinajstić information content (AvgIpc) is 2.02. The van der Waals surface area contributed by atoms with Gasteiger partial charge in [0.15, 0.2) is 5.71 Å². The predicted octanol–water partition coefficient (Wildman–Crippen LogP) is 2.17. The van der Waals surface area contributed by atoms with Crippen LogP contribution >= 0.6 is 0 Å². The van der Waals surface area contributed by atoms with Gasteiger partial charge in [-0.3, -0.25) is 0 Å². The third kappa shape index (κ3) is 5.74. The van der Waals surface area contributed by atoms with Crippen LogP contribution in [-0.4, -0.2) is 26.6 Å². The Morgan fingerprint density at radius 3 is 2.21 bits per heavy atom. The highest BCUT2D eigenvalue weighted by Crippen LogP contribution is 2.05. The van der Waals surface area contributed by atoms with Crippen molar-refractivity contribution in [3.63, 3.8) is 0 Å². The summed E-state index contributed by atoms with van der Waals surface area (Å²) in [6, 6.07) is 0. The zero-order valence-electron chi connectivity index (χ0n) is 9.59. The average molecular weight is 217 g/mol. The minimum atomic E-state index is -1.82. The SMILES string of the molecule is CCO/N=C(\CC)C(=O)O[Si](C)(C)C. The van der Waals surface area contributed by atoms with E-state index in [0.717, 1.165) is 0 Å². The van der Waals surface area contributed by atoms with Gasteiger partial charge in [0.1, 0.15) is 6.61 Å². The Hall–Kier alpha value is -0.843. The van der Waals surface area contributed by atoms with E-state index in [1.807, 2.05) is 33.5 Å². The van der Waals surface area contributed by atoms with E-state index in [4.69, 9.17) is 9.26 Å². The van der Waals surface area contributed by atoms with Crippen LogP contribution in [0, 0.1) is 0 Å². The molecule has 0 atom stereocenters. The molecule has 0 aromatic heterocycles. The Morgan fingerprint density at radius 1 is 1.29 bits per heavy atom. The third-order valence-electron chi connectivity index (χ3n) is 1.27. The molecule has 4 nitrogen and oxygen atoms in total. The summed E-state index contributed by atoms with van der Waals surface area (Å²) in [6.07, 6.45) is 0.531. The van der Waals surface area contributed by atoms with E-state index in [0.29, 0.717) is 18.7 Å². The molecule has 0 heterocycles. The van der Waals surface area contributed by atoms with Crippen LogP contribution in [-0.2, 0) is 14.1 Å². The molecule has 0 spiro atoms. The molecule has 0 N–H and O–H groups in total. The van der Waals surface area contributed by atoms with E-state index < -0.39 is 8.32 Å². The van der Waals surface area contributed by atoms with Crippen LogP contribution in [0.3, 0.4) is 0 Å². The summed E-state index contributed by atoms with van der Waals surface area (Å²) in [7, 11) is -1.82. The van der Waals surface area contributed by atoms with Crippen molar-refractivity contribution in [3.05, 3.63) is 0 Å². The molecule has 0 aromatic carbocycles. The van der Waals surface area contributed by atoms with Crippen molar-refractivity contribution in [3.8, 4) is 0 Å². The van der Waals surface area contributed by atoms with Crippen molar-refractivity contribution in [1.29, 1.82) is 0 Å². The number of rotatable bonds is 5. The van der Waals surface area contributed by atoms with E-state index in [1.165, 1.54) is 0 Å². The molecule has 0 saturated heterocycles. The molecule has 0 amide bonds. The third-order valence-corrected chi connectivity index (χ3v) is 2.07. The first-order valence-corrected chi connectivity index (χ1v) is 8.23. The van der Waals surface area contributed by atoms with Crippen LogP contribution in [0.5, 0.6) is 0 Å². The fourth-order valence-corrected chi connectivity index (χ4v) is 1.40. The van der Waals surface area contributed by atoms with Gasteiger partial charge >= 0.3 is 5.97 Å². The molecular formula is C9H19NO3Si. The normalized spacial score (nSPS) is 12.5. The van der Waals surface area contributed by atoms with Gasteiger partial charge in [-0.25, -0.2) is 4.79 Å². The molecule has 82 valence electrons. The number of oxime groups is 1. The highest BCUT2D eigenvalue weighted by atomic mass is 28.4. The number of carbonyl (C=O) groups is 1. The van der Waals surface area contributed by atoms with Crippen molar-refractivity contribution in [2.75, 3.05) is 6.61 Å². The number of nitrogens with zero attached hydrogens (tertiary/aromatic N) is 1. The zero-order valence-corrected chi connectivity index (χ0v) is 10.6. The second kappa shape index (κ2) is 5.80. The summed E-state index contributed by atoms with van der Waals surface area (Å²) in [5.74, 6) is -0.347. The molecule has 0 fully saturated rings. The van der Waals surface area contributed by atoms with Gasteiger partial charge in [-0.05, 0) is 33.0 Å². The summed E-state index contributed by atoms with van der Waals surface area (Å²) in [4.78, 5) is 16.3.